The highest BCUT2D eigenvalue weighted by molar-refractivity contribution is 9.10. The van der Waals surface area contributed by atoms with Crippen LogP contribution in [0.5, 0.6) is 11.5 Å². The Kier molecular flexibility index (Phi) is 5.90. The van der Waals surface area contributed by atoms with Crippen molar-refractivity contribution in [3.8, 4) is 11.5 Å². The first-order chi connectivity index (χ1) is 11.3. The van der Waals surface area contributed by atoms with Crippen LogP contribution in [0.15, 0.2) is 51.8 Å². The lowest BCUT2D eigenvalue weighted by atomic mass is 10.1. The Morgan fingerprint density at radius 1 is 1.04 bits per heavy atom. The van der Waals surface area contributed by atoms with Crippen LogP contribution >= 0.6 is 15.9 Å². The summed E-state index contributed by atoms with van der Waals surface area (Å²) < 4.78 is 38.3. The van der Waals surface area contributed by atoms with Crippen LogP contribution in [0.1, 0.15) is 18.5 Å². The van der Waals surface area contributed by atoms with Crippen LogP contribution in [0.2, 0.25) is 0 Å². The fourth-order valence-corrected chi connectivity index (χ4v) is 4.68. The van der Waals surface area contributed by atoms with E-state index in [4.69, 9.17) is 9.47 Å². The second-order valence-corrected chi connectivity index (χ2v) is 8.07. The summed E-state index contributed by atoms with van der Waals surface area (Å²) in [5.41, 5.74) is 0.917. The summed E-state index contributed by atoms with van der Waals surface area (Å²) in [6.07, 6.45) is 0. The number of nitrogens with zero attached hydrogens (tertiary/aromatic N) is 1. The molecule has 5 nitrogen and oxygen atoms in total. The van der Waals surface area contributed by atoms with Gasteiger partial charge in [0, 0.05) is 23.6 Å². The molecule has 0 unspecified atom stereocenters. The largest absolute Gasteiger partial charge is 0.493 e. The zero-order chi connectivity index (χ0) is 17.9. The van der Waals surface area contributed by atoms with Crippen LogP contribution in [-0.2, 0) is 10.0 Å². The first kappa shape index (κ1) is 18.8. The van der Waals surface area contributed by atoms with Gasteiger partial charge in [-0.05, 0) is 34.5 Å². The molecule has 2 rings (SSSR count). The summed E-state index contributed by atoms with van der Waals surface area (Å²) >= 11 is 3.32. The molecule has 2 aromatic carbocycles. The van der Waals surface area contributed by atoms with E-state index in [0.29, 0.717) is 16.0 Å². The highest BCUT2D eigenvalue weighted by Gasteiger charge is 2.29. The Bertz CT molecular complexity index is 809. The van der Waals surface area contributed by atoms with E-state index in [0.717, 1.165) is 5.56 Å². The molecule has 7 heteroatoms. The molecule has 0 radical (unpaired) electrons. The van der Waals surface area contributed by atoms with Gasteiger partial charge in [-0.2, -0.15) is 4.31 Å². The van der Waals surface area contributed by atoms with Gasteiger partial charge in [0.1, 0.15) is 4.90 Å². The van der Waals surface area contributed by atoms with Crippen molar-refractivity contribution in [3.05, 3.63) is 52.5 Å². The van der Waals surface area contributed by atoms with Crippen molar-refractivity contribution in [2.24, 2.45) is 0 Å². The number of sulfonamides is 1. The van der Waals surface area contributed by atoms with Crippen molar-refractivity contribution in [1.29, 1.82) is 0 Å². The summed E-state index contributed by atoms with van der Waals surface area (Å²) in [5, 5.41) is 0. The lowest BCUT2D eigenvalue weighted by Crippen LogP contribution is -2.30. The van der Waals surface area contributed by atoms with Crippen molar-refractivity contribution in [1.82, 2.24) is 4.31 Å². The maximum absolute atomic E-state index is 13.0. The smallest absolute Gasteiger partial charge is 0.244 e. The van der Waals surface area contributed by atoms with Gasteiger partial charge in [-0.15, -0.1) is 0 Å². The zero-order valence-electron chi connectivity index (χ0n) is 14.0. The second kappa shape index (κ2) is 7.55. The number of rotatable bonds is 6. The van der Waals surface area contributed by atoms with Crippen LogP contribution in [0.25, 0.3) is 0 Å². The van der Waals surface area contributed by atoms with Crippen LogP contribution < -0.4 is 9.47 Å². The number of benzene rings is 2. The maximum atomic E-state index is 13.0. The van der Waals surface area contributed by atoms with Crippen molar-refractivity contribution in [3.63, 3.8) is 0 Å². The third-order valence-corrected chi connectivity index (χ3v) is 6.81. The van der Waals surface area contributed by atoms with E-state index in [1.807, 2.05) is 37.3 Å². The molecule has 0 N–H and O–H groups in total. The van der Waals surface area contributed by atoms with Gasteiger partial charge in [0.15, 0.2) is 11.5 Å². The summed E-state index contributed by atoms with van der Waals surface area (Å²) in [6.45, 7) is 1.85. The molecule has 130 valence electrons. The predicted molar refractivity (Wildman–Crippen MR) is 97.1 cm³/mol. The number of hydrogen-bond donors (Lipinski definition) is 0. The van der Waals surface area contributed by atoms with Gasteiger partial charge in [-0.3, -0.25) is 0 Å². The van der Waals surface area contributed by atoms with Gasteiger partial charge in [0.25, 0.3) is 0 Å². The number of methoxy groups -OCH3 is 2. The SMILES string of the molecule is COc1cc(Br)c(S(=O)(=O)N(C)[C@H](C)c2ccccc2)cc1OC. The van der Waals surface area contributed by atoms with Gasteiger partial charge in [0.05, 0.1) is 14.2 Å². The molecule has 0 saturated heterocycles. The van der Waals surface area contributed by atoms with Crippen LogP contribution in [-0.4, -0.2) is 34.0 Å². The Labute approximate surface area is 151 Å². The van der Waals surface area contributed by atoms with Crippen LogP contribution in [0, 0.1) is 0 Å². The third kappa shape index (κ3) is 3.58. The minimum atomic E-state index is -3.72. The van der Waals surface area contributed by atoms with Gasteiger partial charge in [-0.1, -0.05) is 30.3 Å². The molecular weight excluding hydrogens is 394 g/mol. The minimum absolute atomic E-state index is 0.130. The van der Waals surface area contributed by atoms with E-state index in [-0.39, 0.29) is 10.9 Å². The zero-order valence-corrected chi connectivity index (χ0v) is 16.4. The average molecular weight is 414 g/mol. The average Bonchev–Trinajstić information content (AvgIpc) is 2.60. The van der Waals surface area contributed by atoms with Crippen LogP contribution in [0.3, 0.4) is 0 Å². The van der Waals surface area contributed by atoms with Crippen molar-refractivity contribution in [2.75, 3.05) is 21.3 Å². The Balaban J connectivity index is 2.46. The second-order valence-electron chi connectivity index (χ2n) is 5.25. The fourth-order valence-electron chi connectivity index (χ4n) is 2.34. The molecule has 0 aliphatic rings. The molecule has 0 aromatic heterocycles. The van der Waals surface area contributed by atoms with Gasteiger partial charge in [-0.25, -0.2) is 8.42 Å². The Hall–Kier alpha value is -1.57. The molecular formula is C17H20BrNO4S. The lowest BCUT2D eigenvalue weighted by Gasteiger charge is -2.25. The van der Waals surface area contributed by atoms with E-state index < -0.39 is 10.0 Å². The summed E-state index contributed by atoms with van der Waals surface area (Å²) in [4.78, 5) is 0.130. The van der Waals surface area contributed by atoms with Crippen LogP contribution in [0.4, 0.5) is 0 Å². The van der Waals surface area contributed by atoms with E-state index >= 15 is 0 Å². The van der Waals surface area contributed by atoms with Gasteiger partial charge >= 0.3 is 0 Å². The maximum Gasteiger partial charge on any atom is 0.244 e. The summed E-state index contributed by atoms with van der Waals surface area (Å²) in [7, 11) is 0.815. The molecule has 0 spiro atoms. The predicted octanol–water partition coefficient (Wildman–Crippen LogP) is 3.85. The summed E-state index contributed by atoms with van der Waals surface area (Å²) in [5.74, 6) is 0.821. The summed E-state index contributed by atoms with van der Waals surface area (Å²) in [6, 6.07) is 12.2. The van der Waals surface area contributed by atoms with Crippen molar-refractivity contribution >= 4 is 26.0 Å². The molecule has 1 atom stereocenters. The van der Waals surface area contributed by atoms with E-state index in [9.17, 15) is 8.42 Å². The molecule has 0 heterocycles. The molecule has 0 amide bonds. The molecule has 24 heavy (non-hydrogen) atoms. The molecule has 0 bridgehead atoms. The van der Waals surface area contributed by atoms with Gasteiger partial charge < -0.3 is 9.47 Å². The van der Waals surface area contributed by atoms with Gasteiger partial charge in [0.2, 0.25) is 10.0 Å². The Morgan fingerprint density at radius 2 is 1.58 bits per heavy atom. The van der Waals surface area contributed by atoms with E-state index in [1.165, 1.54) is 24.6 Å². The highest BCUT2D eigenvalue weighted by Crippen LogP contribution is 2.37. The number of halogens is 1. The number of ether oxygens (including phenoxy) is 2. The normalized spacial score (nSPS) is 12.9. The first-order valence-corrected chi connectivity index (χ1v) is 9.50. The highest BCUT2D eigenvalue weighted by atomic mass is 79.9. The minimum Gasteiger partial charge on any atom is -0.493 e. The third-order valence-electron chi connectivity index (χ3n) is 3.92. The van der Waals surface area contributed by atoms with Crippen molar-refractivity contribution in [2.45, 2.75) is 17.9 Å². The molecule has 0 aliphatic carbocycles. The number of hydrogen-bond acceptors (Lipinski definition) is 4. The molecule has 2 aromatic rings. The molecule has 0 aliphatic heterocycles. The standard InChI is InChI=1S/C17H20BrNO4S/c1-12(13-8-6-5-7-9-13)19(2)24(20,21)17-11-16(23-4)15(22-3)10-14(17)18/h5-12H,1-4H3/t12-/m1/s1. The van der Waals surface area contributed by atoms with E-state index in [2.05, 4.69) is 15.9 Å². The first-order valence-electron chi connectivity index (χ1n) is 7.27. The van der Waals surface area contributed by atoms with E-state index in [1.54, 1.807) is 13.1 Å². The Morgan fingerprint density at radius 3 is 2.12 bits per heavy atom. The molecule has 0 fully saturated rings. The molecule has 0 saturated carbocycles. The van der Waals surface area contributed by atoms with Crippen molar-refractivity contribution < 1.29 is 17.9 Å². The fraction of sp³-hybridized carbons (Fsp3) is 0.294. The monoisotopic (exact) mass is 413 g/mol. The lowest BCUT2D eigenvalue weighted by molar-refractivity contribution is 0.352. The topological polar surface area (TPSA) is 55.8 Å². The quantitative estimate of drug-likeness (QED) is 0.721.